The van der Waals surface area contributed by atoms with Crippen LogP contribution < -0.4 is 0 Å². The number of hydrogen-bond acceptors (Lipinski definition) is 2. The quantitative estimate of drug-likeness (QED) is 0.759. The number of hydrogen-bond donors (Lipinski definition) is 0. The summed E-state index contributed by atoms with van der Waals surface area (Å²) in [7, 11) is 0. The maximum atomic E-state index is 12.6. The van der Waals surface area contributed by atoms with Crippen molar-refractivity contribution in [2.24, 2.45) is 0 Å². The molecule has 0 N–H and O–H groups in total. The van der Waals surface area contributed by atoms with E-state index >= 15 is 0 Å². The molecule has 0 aliphatic carbocycles. The minimum atomic E-state index is 0.0563. The van der Waals surface area contributed by atoms with Gasteiger partial charge in [-0.25, -0.2) is 0 Å². The summed E-state index contributed by atoms with van der Waals surface area (Å²) in [6.07, 6.45) is 0. The van der Waals surface area contributed by atoms with Crippen LogP contribution in [0.5, 0.6) is 0 Å². The SMILES string of the molecule is CCN(Cc1cccc(C)n1)C(=O)c1ccccc1I. The lowest BCUT2D eigenvalue weighted by Crippen LogP contribution is -2.31. The zero-order valence-electron chi connectivity index (χ0n) is 11.6. The van der Waals surface area contributed by atoms with Crippen LogP contribution in [-0.4, -0.2) is 22.3 Å². The molecule has 0 fully saturated rings. The number of carbonyl (C=O) groups is 1. The smallest absolute Gasteiger partial charge is 0.255 e. The Hall–Kier alpha value is -1.43. The molecular weight excluding hydrogens is 363 g/mol. The molecule has 2 aromatic rings. The van der Waals surface area contributed by atoms with E-state index < -0.39 is 0 Å². The fourth-order valence-corrected chi connectivity index (χ4v) is 2.63. The lowest BCUT2D eigenvalue weighted by molar-refractivity contribution is 0.0749. The van der Waals surface area contributed by atoms with Crippen molar-refractivity contribution < 1.29 is 4.79 Å². The van der Waals surface area contributed by atoms with Crippen molar-refractivity contribution in [2.75, 3.05) is 6.54 Å². The van der Waals surface area contributed by atoms with Crippen LogP contribution in [0.25, 0.3) is 0 Å². The second-order valence-electron chi connectivity index (χ2n) is 4.57. The Labute approximate surface area is 133 Å². The number of rotatable bonds is 4. The molecule has 0 radical (unpaired) electrons. The molecular formula is C16H17IN2O. The van der Waals surface area contributed by atoms with Crippen molar-refractivity contribution >= 4 is 28.5 Å². The molecule has 0 aliphatic heterocycles. The van der Waals surface area contributed by atoms with Crippen LogP contribution in [0, 0.1) is 10.5 Å². The number of nitrogens with zero attached hydrogens (tertiary/aromatic N) is 2. The maximum Gasteiger partial charge on any atom is 0.255 e. The predicted octanol–water partition coefficient (Wildman–Crippen LogP) is 3.66. The number of benzene rings is 1. The van der Waals surface area contributed by atoms with Crippen LogP contribution in [0.4, 0.5) is 0 Å². The average molecular weight is 380 g/mol. The standard InChI is InChI=1S/C16H17IN2O/c1-3-19(11-13-8-6-7-12(2)18-13)16(20)14-9-4-5-10-15(14)17/h4-10H,3,11H2,1-2H3. The van der Waals surface area contributed by atoms with Crippen LogP contribution in [0.3, 0.4) is 0 Å². The van der Waals surface area contributed by atoms with Gasteiger partial charge in [0.05, 0.1) is 17.8 Å². The summed E-state index contributed by atoms with van der Waals surface area (Å²) in [6.45, 7) is 5.16. The molecule has 1 aromatic heterocycles. The monoisotopic (exact) mass is 380 g/mol. The van der Waals surface area contributed by atoms with Gasteiger partial charge in [0.1, 0.15) is 0 Å². The van der Waals surface area contributed by atoms with Crippen molar-refractivity contribution in [3.8, 4) is 0 Å². The number of aromatic nitrogens is 1. The first-order valence-corrected chi connectivity index (χ1v) is 7.66. The summed E-state index contributed by atoms with van der Waals surface area (Å²) < 4.78 is 0.978. The molecule has 0 saturated heterocycles. The van der Waals surface area contributed by atoms with E-state index in [-0.39, 0.29) is 5.91 Å². The molecule has 0 spiro atoms. The summed E-state index contributed by atoms with van der Waals surface area (Å²) in [5, 5.41) is 0. The maximum absolute atomic E-state index is 12.6. The van der Waals surface area contributed by atoms with Gasteiger partial charge >= 0.3 is 0 Å². The van der Waals surface area contributed by atoms with E-state index in [1.807, 2.05) is 61.2 Å². The normalized spacial score (nSPS) is 10.3. The molecule has 0 aliphatic rings. The van der Waals surface area contributed by atoms with E-state index in [9.17, 15) is 4.79 Å². The Bertz CT molecular complexity index is 613. The van der Waals surface area contributed by atoms with Crippen LogP contribution in [-0.2, 0) is 6.54 Å². The molecule has 2 rings (SSSR count). The number of pyridine rings is 1. The number of aryl methyl sites for hydroxylation is 1. The molecule has 0 atom stereocenters. The van der Waals surface area contributed by atoms with E-state index in [1.54, 1.807) is 0 Å². The van der Waals surface area contributed by atoms with Gasteiger partial charge in [-0.1, -0.05) is 18.2 Å². The molecule has 1 aromatic carbocycles. The van der Waals surface area contributed by atoms with Crippen molar-refractivity contribution in [3.63, 3.8) is 0 Å². The summed E-state index contributed by atoms with van der Waals surface area (Å²) in [5.41, 5.74) is 2.65. The second-order valence-corrected chi connectivity index (χ2v) is 5.73. The summed E-state index contributed by atoms with van der Waals surface area (Å²) in [4.78, 5) is 18.9. The van der Waals surface area contributed by atoms with Gasteiger partial charge in [0.15, 0.2) is 0 Å². The van der Waals surface area contributed by atoms with E-state index in [0.717, 1.165) is 20.5 Å². The topological polar surface area (TPSA) is 33.2 Å². The van der Waals surface area contributed by atoms with Crippen LogP contribution in [0.2, 0.25) is 0 Å². The minimum absolute atomic E-state index is 0.0563. The zero-order chi connectivity index (χ0) is 14.5. The van der Waals surface area contributed by atoms with Crippen molar-refractivity contribution in [2.45, 2.75) is 20.4 Å². The Morgan fingerprint density at radius 1 is 1.20 bits per heavy atom. The lowest BCUT2D eigenvalue weighted by atomic mass is 10.2. The predicted molar refractivity (Wildman–Crippen MR) is 88.5 cm³/mol. The van der Waals surface area contributed by atoms with Gasteiger partial charge in [-0.2, -0.15) is 0 Å². The van der Waals surface area contributed by atoms with E-state index in [1.165, 1.54) is 0 Å². The third kappa shape index (κ3) is 3.56. The van der Waals surface area contributed by atoms with E-state index in [0.29, 0.717) is 13.1 Å². The van der Waals surface area contributed by atoms with Crippen LogP contribution in [0.1, 0.15) is 28.7 Å². The highest BCUT2D eigenvalue weighted by atomic mass is 127. The minimum Gasteiger partial charge on any atom is -0.333 e. The summed E-state index contributed by atoms with van der Waals surface area (Å²) in [5.74, 6) is 0.0563. The molecule has 1 heterocycles. The molecule has 3 nitrogen and oxygen atoms in total. The van der Waals surface area contributed by atoms with Gasteiger partial charge < -0.3 is 4.90 Å². The van der Waals surface area contributed by atoms with Gasteiger partial charge in [-0.15, -0.1) is 0 Å². The molecule has 4 heteroatoms. The van der Waals surface area contributed by atoms with Crippen molar-refractivity contribution in [1.82, 2.24) is 9.88 Å². The summed E-state index contributed by atoms with van der Waals surface area (Å²) in [6, 6.07) is 13.6. The Morgan fingerprint density at radius 3 is 2.60 bits per heavy atom. The first-order chi connectivity index (χ1) is 9.61. The van der Waals surface area contributed by atoms with Crippen LogP contribution in [0.15, 0.2) is 42.5 Å². The highest BCUT2D eigenvalue weighted by molar-refractivity contribution is 14.1. The van der Waals surface area contributed by atoms with E-state index in [2.05, 4.69) is 27.6 Å². The van der Waals surface area contributed by atoms with Gasteiger partial charge in [-0.05, 0) is 60.7 Å². The van der Waals surface area contributed by atoms with Crippen molar-refractivity contribution in [3.05, 3.63) is 63.0 Å². The molecule has 0 saturated carbocycles. The summed E-state index contributed by atoms with van der Waals surface area (Å²) >= 11 is 2.20. The fourth-order valence-electron chi connectivity index (χ4n) is 2.02. The first-order valence-electron chi connectivity index (χ1n) is 6.58. The Balaban J connectivity index is 2.20. The average Bonchev–Trinajstić information content (AvgIpc) is 2.44. The third-order valence-corrected chi connectivity index (χ3v) is 4.01. The van der Waals surface area contributed by atoms with Gasteiger partial charge in [-0.3, -0.25) is 9.78 Å². The number of halogens is 1. The number of amides is 1. The second kappa shape index (κ2) is 6.83. The number of carbonyl (C=O) groups excluding carboxylic acids is 1. The largest absolute Gasteiger partial charge is 0.333 e. The molecule has 0 bridgehead atoms. The van der Waals surface area contributed by atoms with Gasteiger partial charge in [0, 0.05) is 15.8 Å². The third-order valence-electron chi connectivity index (χ3n) is 3.07. The Kier molecular flexibility index (Phi) is 5.11. The lowest BCUT2D eigenvalue weighted by Gasteiger charge is -2.21. The Morgan fingerprint density at radius 2 is 1.95 bits per heavy atom. The van der Waals surface area contributed by atoms with Gasteiger partial charge in [0.25, 0.3) is 5.91 Å². The highest BCUT2D eigenvalue weighted by Gasteiger charge is 2.17. The molecule has 0 unspecified atom stereocenters. The molecule has 104 valence electrons. The van der Waals surface area contributed by atoms with E-state index in [4.69, 9.17) is 0 Å². The molecule has 1 amide bonds. The van der Waals surface area contributed by atoms with Crippen LogP contribution >= 0.6 is 22.6 Å². The first kappa shape index (κ1) is 15.0. The zero-order valence-corrected chi connectivity index (χ0v) is 13.8. The van der Waals surface area contributed by atoms with Gasteiger partial charge in [0.2, 0.25) is 0 Å². The molecule has 20 heavy (non-hydrogen) atoms. The highest BCUT2D eigenvalue weighted by Crippen LogP contribution is 2.15. The fraction of sp³-hybridized carbons (Fsp3) is 0.250. The van der Waals surface area contributed by atoms with Crippen molar-refractivity contribution in [1.29, 1.82) is 0 Å².